The van der Waals surface area contributed by atoms with Crippen molar-refractivity contribution in [3.8, 4) is 0 Å². The molecule has 1 atom stereocenters. The first-order chi connectivity index (χ1) is 13.5. The summed E-state index contributed by atoms with van der Waals surface area (Å²) in [6.07, 6.45) is 1.18. The summed E-state index contributed by atoms with van der Waals surface area (Å²) in [7, 11) is 0. The minimum Gasteiger partial charge on any atom is -0.481 e. The molecule has 0 aliphatic heterocycles. The smallest absolute Gasteiger partial charge is 0.305 e. The number of benzene rings is 2. The number of rotatable bonds is 9. The number of carboxylic acid groups (broad SMARTS) is 1. The minimum atomic E-state index is -1.02. The van der Waals surface area contributed by atoms with Crippen LogP contribution in [-0.2, 0) is 14.4 Å². The number of carbonyl (C=O) groups is 3. The standard InChI is InChI=1S/C20H22N4O4/c21-22-13-14-6-8-16(9-7-14)23-18(25)10-11-19(26)24-17(12-20(27)28)15-4-2-1-3-5-15/h1-9,13,17H,10-12,21H2,(H,23,25)(H,24,26)(H,27,28). The van der Waals surface area contributed by atoms with Gasteiger partial charge in [-0.3, -0.25) is 14.4 Å². The molecule has 146 valence electrons. The second-order valence-corrected chi connectivity index (χ2v) is 6.08. The van der Waals surface area contributed by atoms with Crippen LogP contribution in [0, 0.1) is 0 Å². The van der Waals surface area contributed by atoms with Gasteiger partial charge in [-0.1, -0.05) is 42.5 Å². The van der Waals surface area contributed by atoms with E-state index >= 15 is 0 Å². The van der Waals surface area contributed by atoms with E-state index in [1.807, 2.05) is 6.07 Å². The van der Waals surface area contributed by atoms with E-state index < -0.39 is 12.0 Å². The molecule has 0 saturated carbocycles. The molecule has 0 saturated heterocycles. The first kappa shape index (κ1) is 20.6. The Kier molecular flexibility index (Phi) is 7.71. The third-order valence-electron chi connectivity index (χ3n) is 3.91. The predicted octanol–water partition coefficient (Wildman–Crippen LogP) is 2.03. The quantitative estimate of drug-likeness (QED) is 0.299. The number of nitrogens with two attached hydrogens (primary N) is 1. The number of carboxylic acids is 1. The van der Waals surface area contributed by atoms with Gasteiger partial charge in [0.05, 0.1) is 18.7 Å². The number of amides is 2. The molecule has 2 aromatic rings. The molecule has 0 aromatic heterocycles. The van der Waals surface area contributed by atoms with Gasteiger partial charge in [0.1, 0.15) is 0 Å². The lowest BCUT2D eigenvalue weighted by Gasteiger charge is -2.17. The molecule has 0 aliphatic rings. The van der Waals surface area contributed by atoms with Gasteiger partial charge in [0.25, 0.3) is 0 Å². The van der Waals surface area contributed by atoms with Crippen molar-refractivity contribution in [2.24, 2.45) is 10.9 Å². The van der Waals surface area contributed by atoms with Gasteiger partial charge in [-0.15, -0.1) is 0 Å². The van der Waals surface area contributed by atoms with Crippen LogP contribution >= 0.6 is 0 Å². The Labute approximate surface area is 162 Å². The Hall–Kier alpha value is -3.68. The molecular formula is C20H22N4O4. The van der Waals surface area contributed by atoms with Gasteiger partial charge in [0.2, 0.25) is 11.8 Å². The van der Waals surface area contributed by atoms with Crippen molar-refractivity contribution in [3.63, 3.8) is 0 Å². The normalized spacial score (nSPS) is 11.7. The van der Waals surface area contributed by atoms with E-state index in [9.17, 15) is 14.4 Å². The first-order valence-electron chi connectivity index (χ1n) is 8.67. The van der Waals surface area contributed by atoms with Crippen LogP contribution in [0.3, 0.4) is 0 Å². The molecule has 5 N–H and O–H groups in total. The van der Waals surface area contributed by atoms with Crippen molar-refractivity contribution >= 4 is 29.7 Å². The van der Waals surface area contributed by atoms with Gasteiger partial charge in [0, 0.05) is 18.5 Å². The first-order valence-corrected chi connectivity index (χ1v) is 8.67. The van der Waals surface area contributed by atoms with E-state index in [4.69, 9.17) is 10.9 Å². The molecule has 8 heteroatoms. The van der Waals surface area contributed by atoms with Crippen LogP contribution in [-0.4, -0.2) is 29.1 Å². The number of nitrogens with one attached hydrogen (secondary N) is 2. The third kappa shape index (κ3) is 6.91. The zero-order valence-electron chi connectivity index (χ0n) is 15.2. The van der Waals surface area contributed by atoms with Crippen molar-refractivity contribution in [1.82, 2.24) is 5.32 Å². The van der Waals surface area contributed by atoms with Crippen LogP contribution in [0.5, 0.6) is 0 Å². The Morgan fingerprint density at radius 3 is 2.25 bits per heavy atom. The zero-order valence-corrected chi connectivity index (χ0v) is 15.2. The van der Waals surface area contributed by atoms with Gasteiger partial charge in [-0.25, -0.2) is 0 Å². The summed E-state index contributed by atoms with van der Waals surface area (Å²) in [5.74, 6) is 3.35. The number of anilines is 1. The number of aliphatic carboxylic acids is 1. The highest BCUT2D eigenvalue weighted by Crippen LogP contribution is 2.17. The highest BCUT2D eigenvalue weighted by Gasteiger charge is 2.18. The largest absolute Gasteiger partial charge is 0.481 e. The van der Waals surface area contributed by atoms with E-state index in [2.05, 4.69) is 15.7 Å². The van der Waals surface area contributed by atoms with E-state index in [0.717, 1.165) is 5.56 Å². The van der Waals surface area contributed by atoms with Gasteiger partial charge < -0.3 is 21.6 Å². The topological polar surface area (TPSA) is 134 Å². The minimum absolute atomic E-state index is 0.0214. The second kappa shape index (κ2) is 10.5. The summed E-state index contributed by atoms with van der Waals surface area (Å²) < 4.78 is 0. The zero-order chi connectivity index (χ0) is 20.4. The average Bonchev–Trinajstić information content (AvgIpc) is 2.68. The van der Waals surface area contributed by atoms with Gasteiger partial charge in [-0.05, 0) is 23.3 Å². The second-order valence-electron chi connectivity index (χ2n) is 6.08. The summed E-state index contributed by atoms with van der Waals surface area (Å²) in [4.78, 5) is 35.3. The molecule has 0 spiro atoms. The maximum absolute atomic E-state index is 12.2. The molecule has 1 unspecified atom stereocenters. The maximum atomic E-state index is 12.2. The predicted molar refractivity (Wildman–Crippen MR) is 106 cm³/mol. The summed E-state index contributed by atoms with van der Waals surface area (Å²) in [6, 6.07) is 15.1. The summed E-state index contributed by atoms with van der Waals surface area (Å²) in [6.45, 7) is 0. The fraction of sp³-hybridized carbons (Fsp3) is 0.200. The van der Waals surface area contributed by atoms with Crippen LogP contribution in [0.15, 0.2) is 59.7 Å². The highest BCUT2D eigenvalue weighted by molar-refractivity contribution is 5.93. The van der Waals surface area contributed by atoms with E-state index in [1.165, 1.54) is 6.21 Å². The van der Waals surface area contributed by atoms with E-state index in [-0.39, 0.29) is 31.1 Å². The van der Waals surface area contributed by atoms with Gasteiger partial charge in [0.15, 0.2) is 0 Å². The number of hydrazone groups is 1. The fourth-order valence-corrected chi connectivity index (χ4v) is 2.57. The van der Waals surface area contributed by atoms with E-state index in [1.54, 1.807) is 48.5 Å². The van der Waals surface area contributed by atoms with Crippen LogP contribution in [0.2, 0.25) is 0 Å². The van der Waals surface area contributed by atoms with E-state index in [0.29, 0.717) is 11.3 Å². The van der Waals surface area contributed by atoms with Crippen molar-refractivity contribution in [2.75, 3.05) is 5.32 Å². The molecule has 8 nitrogen and oxygen atoms in total. The number of nitrogens with zero attached hydrogens (tertiary/aromatic N) is 1. The molecule has 0 bridgehead atoms. The molecule has 28 heavy (non-hydrogen) atoms. The molecule has 2 aromatic carbocycles. The highest BCUT2D eigenvalue weighted by atomic mass is 16.4. The Bertz CT molecular complexity index is 835. The van der Waals surface area contributed by atoms with Crippen LogP contribution < -0.4 is 16.5 Å². The van der Waals surface area contributed by atoms with Crippen LogP contribution in [0.4, 0.5) is 5.69 Å². The number of carbonyl (C=O) groups excluding carboxylic acids is 2. The number of hydrogen-bond donors (Lipinski definition) is 4. The van der Waals surface area contributed by atoms with Crippen molar-refractivity contribution in [3.05, 3.63) is 65.7 Å². The van der Waals surface area contributed by atoms with Crippen LogP contribution in [0.1, 0.15) is 36.4 Å². The number of hydrogen-bond acceptors (Lipinski definition) is 5. The lowest BCUT2D eigenvalue weighted by Crippen LogP contribution is -2.30. The Morgan fingerprint density at radius 1 is 1.00 bits per heavy atom. The molecule has 2 rings (SSSR count). The maximum Gasteiger partial charge on any atom is 0.305 e. The molecule has 0 fully saturated rings. The summed E-state index contributed by atoms with van der Waals surface area (Å²) in [5.41, 5.74) is 2.08. The monoisotopic (exact) mass is 382 g/mol. The molecule has 0 heterocycles. The van der Waals surface area contributed by atoms with Crippen molar-refractivity contribution in [1.29, 1.82) is 0 Å². The summed E-state index contributed by atoms with van der Waals surface area (Å²) >= 11 is 0. The third-order valence-corrected chi connectivity index (χ3v) is 3.91. The van der Waals surface area contributed by atoms with Gasteiger partial charge >= 0.3 is 5.97 Å². The SMILES string of the molecule is NN=Cc1ccc(NC(=O)CCC(=O)NC(CC(=O)O)c2ccccc2)cc1. The molecule has 0 aliphatic carbocycles. The van der Waals surface area contributed by atoms with Crippen molar-refractivity contribution < 1.29 is 19.5 Å². The average molecular weight is 382 g/mol. The van der Waals surface area contributed by atoms with Crippen LogP contribution in [0.25, 0.3) is 0 Å². The molecule has 2 amide bonds. The van der Waals surface area contributed by atoms with Crippen molar-refractivity contribution in [2.45, 2.75) is 25.3 Å². The summed E-state index contributed by atoms with van der Waals surface area (Å²) in [5, 5.41) is 17.9. The Balaban J connectivity index is 1.85. The fourth-order valence-electron chi connectivity index (χ4n) is 2.57. The van der Waals surface area contributed by atoms with Gasteiger partial charge in [-0.2, -0.15) is 5.10 Å². The Morgan fingerprint density at radius 2 is 1.64 bits per heavy atom. The molecular weight excluding hydrogens is 360 g/mol. The molecule has 0 radical (unpaired) electrons. The lowest BCUT2D eigenvalue weighted by molar-refractivity contribution is -0.138. The lowest BCUT2D eigenvalue weighted by atomic mass is 10.0.